The smallest absolute Gasteiger partial charge is 0.229 e. The lowest BCUT2D eigenvalue weighted by molar-refractivity contribution is -0.118. The van der Waals surface area contributed by atoms with Crippen molar-refractivity contribution in [1.82, 2.24) is 14.9 Å². The maximum atomic E-state index is 10.8. The van der Waals surface area contributed by atoms with Crippen molar-refractivity contribution in [3.8, 4) is 5.75 Å². The molecule has 1 fully saturated rings. The van der Waals surface area contributed by atoms with Crippen LogP contribution in [0.3, 0.4) is 0 Å². The molecule has 1 aliphatic heterocycles. The van der Waals surface area contributed by atoms with Crippen LogP contribution in [-0.2, 0) is 4.79 Å². The molecule has 24 heavy (non-hydrogen) atoms. The van der Waals surface area contributed by atoms with Gasteiger partial charge in [0.25, 0.3) is 0 Å². The van der Waals surface area contributed by atoms with Crippen molar-refractivity contribution in [2.24, 2.45) is 0 Å². The van der Waals surface area contributed by atoms with E-state index in [4.69, 9.17) is 16.3 Å². The Morgan fingerprint density at radius 3 is 2.75 bits per heavy atom. The molecule has 8 heteroatoms. The highest BCUT2D eigenvalue weighted by Gasteiger charge is 2.17. The number of rotatable bonds is 5. The van der Waals surface area contributed by atoms with Gasteiger partial charge in [-0.15, -0.1) is 0 Å². The van der Waals surface area contributed by atoms with Crippen molar-refractivity contribution >= 4 is 35.5 Å². The third-order valence-corrected chi connectivity index (χ3v) is 4.07. The zero-order chi connectivity index (χ0) is 16.9. The topological polar surface area (TPSA) is 70.6 Å². The largest absolute Gasteiger partial charge is 0.495 e. The van der Waals surface area contributed by atoms with Gasteiger partial charge in [-0.25, -0.2) is 4.98 Å². The standard InChI is InChI=1S/C16H18ClN5O2/c1-24-14-3-2-12(17)10-13(14)19-16-18-5-4-15(20-16)22-8-6-21(11-23)7-9-22/h2-5,10-11H,6-9H2,1H3,(H,18,19,20). The normalized spacial score (nSPS) is 14.4. The van der Waals surface area contributed by atoms with E-state index in [1.165, 1.54) is 0 Å². The Labute approximate surface area is 145 Å². The highest BCUT2D eigenvalue weighted by molar-refractivity contribution is 6.31. The quantitative estimate of drug-likeness (QED) is 0.836. The van der Waals surface area contributed by atoms with Gasteiger partial charge in [0.2, 0.25) is 12.4 Å². The molecule has 1 aliphatic rings. The van der Waals surface area contributed by atoms with Crippen LogP contribution >= 0.6 is 11.6 Å². The number of benzene rings is 1. The molecule has 0 saturated carbocycles. The molecule has 2 aromatic rings. The average Bonchev–Trinajstić information content (AvgIpc) is 2.62. The first-order valence-electron chi connectivity index (χ1n) is 7.57. The monoisotopic (exact) mass is 347 g/mol. The predicted molar refractivity (Wildman–Crippen MR) is 93.2 cm³/mol. The van der Waals surface area contributed by atoms with Gasteiger partial charge in [0, 0.05) is 37.4 Å². The number of aromatic nitrogens is 2. The lowest BCUT2D eigenvalue weighted by Crippen LogP contribution is -2.46. The van der Waals surface area contributed by atoms with Gasteiger partial charge >= 0.3 is 0 Å². The molecule has 1 amide bonds. The molecule has 0 radical (unpaired) electrons. The molecule has 7 nitrogen and oxygen atoms in total. The Morgan fingerprint density at radius 1 is 1.25 bits per heavy atom. The van der Waals surface area contributed by atoms with Gasteiger partial charge in [-0.1, -0.05) is 11.6 Å². The molecule has 1 aromatic carbocycles. The summed E-state index contributed by atoms with van der Waals surface area (Å²) in [4.78, 5) is 23.5. The Hall–Kier alpha value is -2.54. The molecule has 126 valence electrons. The molecule has 0 spiro atoms. The minimum Gasteiger partial charge on any atom is -0.495 e. The Morgan fingerprint density at radius 2 is 2.04 bits per heavy atom. The van der Waals surface area contributed by atoms with Crippen LogP contribution in [0, 0.1) is 0 Å². The number of hydrogen-bond donors (Lipinski definition) is 1. The molecule has 0 unspecified atom stereocenters. The molecule has 0 atom stereocenters. The first-order valence-corrected chi connectivity index (χ1v) is 7.95. The van der Waals surface area contributed by atoms with Crippen molar-refractivity contribution < 1.29 is 9.53 Å². The highest BCUT2D eigenvalue weighted by atomic mass is 35.5. The number of carbonyl (C=O) groups excluding carboxylic acids is 1. The summed E-state index contributed by atoms with van der Waals surface area (Å²) in [7, 11) is 1.60. The second kappa shape index (κ2) is 7.35. The summed E-state index contributed by atoms with van der Waals surface area (Å²) in [5, 5.41) is 3.74. The van der Waals surface area contributed by atoms with E-state index in [1.54, 1.807) is 36.4 Å². The van der Waals surface area contributed by atoms with E-state index in [1.807, 2.05) is 6.07 Å². The van der Waals surface area contributed by atoms with Crippen molar-refractivity contribution in [3.05, 3.63) is 35.5 Å². The third-order valence-electron chi connectivity index (χ3n) is 3.84. The molecule has 3 rings (SSSR count). The van der Waals surface area contributed by atoms with Crippen LogP contribution in [0.5, 0.6) is 5.75 Å². The van der Waals surface area contributed by atoms with Crippen LogP contribution in [0.15, 0.2) is 30.5 Å². The summed E-state index contributed by atoms with van der Waals surface area (Å²) in [5.74, 6) is 1.94. The van der Waals surface area contributed by atoms with Crippen molar-refractivity contribution in [1.29, 1.82) is 0 Å². The summed E-state index contributed by atoms with van der Waals surface area (Å²) < 4.78 is 5.32. The fraction of sp³-hybridized carbons (Fsp3) is 0.312. The Balaban J connectivity index is 1.76. The number of piperazine rings is 1. The Kier molecular flexibility index (Phi) is 5.00. The van der Waals surface area contributed by atoms with Crippen LogP contribution in [0.4, 0.5) is 17.5 Å². The van der Waals surface area contributed by atoms with Gasteiger partial charge in [0.15, 0.2) is 0 Å². The lowest BCUT2D eigenvalue weighted by atomic mass is 10.3. The third kappa shape index (κ3) is 3.68. The number of hydrogen-bond acceptors (Lipinski definition) is 6. The highest BCUT2D eigenvalue weighted by Crippen LogP contribution is 2.29. The van der Waals surface area contributed by atoms with Gasteiger partial charge in [-0.3, -0.25) is 4.79 Å². The van der Waals surface area contributed by atoms with Crippen LogP contribution in [0.25, 0.3) is 0 Å². The fourth-order valence-electron chi connectivity index (χ4n) is 2.54. The lowest BCUT2D eigenvalue weighted by Gasteiger charge is -2.33. The molecular formula is C16H18ClN5O2. The van der Waals surface area contributed by atoms with Crippen LogP contribution < -0.4 is 15.0 Å². The minimum atomic E-state index is 0.464. The number of nitrogens with zero attached hydrogens (tertiary/aromatic N) is 4. The number of nitrogens with one attached hydrogen (secondary N) is 1. The number of anilines is 3. The van der Waals surface area contributed by atoms with Gasteiger partial charge in [0.1, 0.15) is 11.6 Å². The van der Waals surface area contributed by atoms with Gasteiger partial charge in [-0.05, 0) is 24.3 Å². The number of methoxy groups -OCH3 is 1. The van der Waals surface area contributed by atoms with Gasteiger partial charge < -0.3 is 19.9 Å². The van der Waals surface area contributed by atoms with Gasteiger partial charge in [0.05, 0.1) is 12.8 Å². The molecule has 1 saturated heterocycles. The second-order valence-electron chi connectivity index (χ2n) is 5.34. The summed E-state index contributed by atoms with van der Waals surface area (Å²) >= 11 is 6.04. The summed E-state index contributed by atoms with van der Waals surface area (Å²) in [6.07, 6.45) is 2.59. The predicted octanol–water partition coefficient (Wildman–Crippen LogP) is 2.16. The fourth-order valence-corrected chi connectivity index (χ4v) is 2.71. The summed E-state index contributed by atoms with van der Waals surface area (Å²) in [6, 6.07) is 7.17. The zero-order valence-electron chi connectivity index (χ0n) is 13.3. The van der Waals surface area contributed by atoms with E-state index in [0.29, 0.717) is 35.5 Å². The number of carbonyl (C=O) groups is 1. The Bertz CT molecular complexity index is 719. The number of halogens is 1. The zero-order valence-corrected chi connectivity index (χ0v) is 14.0. The van der Waals surface area contributed by atoms with E-state index in [2.05, 4.69) is 20.2 Å². The maximum Gasteiger partial charge on any atom is 0.229 e. The van der Waals surface area contributed by atoms with Crippen molar-refractivity contribution in [2.45, 2.75) is 0 Å². The first kappa shape index (κ1) is 16.3. The molecule has 2 heterocycles. The summed E-state index contributed by atoms with van der Waals surface area (Å²) in [5.41, 5.74) is 0.702. The van der Waals surface area contributed by atoms with Crippen molar-refractivity contribution in [2.75, 3.05) is 43.5 Å². The van der Waals surface area contributed by atoms with E-state index in [-0.39, 0.29) is 0 Å². The maximum absolute atomic E-state index is 10.8. The molecule has 0 bridgehead atoms. The summed E-state index contributed by atoms with van der Waals surface area (Å²) in [6.45, 7) is 2.88. The molecule has 1 N–H and O–H groups in total. The average molecular weight is 348 g/mol. The van der Waals surface area contributed by atoms with E-state index < -0.39 is 0 Å². The first-order chi connectivity index (χ1) is 11.7. The second-order valence-corrected chi connectivity index (χ2v) is 5.77. The molecule has 0 aliphatic carbocycles. The SMILES string of the molecule is COc1ccc(Cl)cc1Nc1nccc(N2CCN(C=O)CC2)n1. The number of amides is 1. The van der Waals surface area contributed by atoms with E-state index in [9.17, 15) is 4.79 Å². The van der Waals surface area contributed by atoms with Crippen LogP contribution in [0.2, 0.25) is 5.02 Å². The van der Waals surface area contributed by atoms with Crippen molar-refractivity contribution in [3.63, 3.8) is 0 Å². The van der Waals surface area contributed by atoms with E-state index in [0.717, 1.165) is 25.3 Å². The minimum absolute atomic E-state index is 0.464. The van der Waals surface area contributed by atoms with Crippen LogP contribution in [0.1, 0.15) is 0 Å². The van der Waals surface area contributed by atoms with Gasteiger partial charge in [-0.2, -0.15) is 4.98 Å². The molecule has 1 aromatic heterocycles. The molecular weight excluding hydrogens is 330 g/mol. The van der Waals surface area contributed by atoms with E-state index >= 15 is 0 Å². The number of ether oxygens (including phenoxy) is 1. The van der Waals surface area contributed by atoms with Crippen LogP contribution in [-0.4, -0.2) is 54.6 Å².